The molecule has 3 aromatic rings. The van der Waals surface area contributed by atoms with Crippen LogP contribution < -0.4 is 0 Å². The lowest BCUT2D eigenvalue weighted by Gasteiger charge is -2.06. The molecule has 0 spiro atoms. The molecule has 96 valence electrons. The lowest BCUT2D eigenvalue weighted by atomic mass is 10.2. The van der Waals surface area contributed by atoms with Crippen LogP contribution in [0.5, 0.6) is 0 Å². The van der Waals surface area contributed by atoms with Crippen LogP contribution in [0.1, 0.15) is 5.69 Å². The minimum Gasteiger partial charge on any atom is -0.390 e. The zero-order chi connectivity index (χ0) is 13.2. The predicted molar refractivity (Wildman–Crippen MR) is 75.0 cm³/mol. The van der Waals surface area contributed by atoms with Gasteiger partial charge in [0.1, 0.15) is 0 Å². The van der Waals surface area contributed by atoms with Crippen LogP contribution in [0.3, 0.4) is 0 Å². The van der Waals surface area contributed by atoms with Gasteiger partial charge in [0.05, 0.1) is 24.0 Å². The Kier molecular flexibility index (Phi) is 3.23. The monoisotopic (exact) mass is 271 g/mol. The fourth-order valence-electron chi connectivity index (χ4n) is 1.92. The fourth-order valence-corrected chi connectivity index (χ4v) is 2.89. The van der Waals surface area contributed by atoms with Crippen molar-refractivity contribution in [3.05, 3.63) is 48.4 Å². The molecule has 0 amide bonds. The highest BCUT2D eigenvalue weighted by molar-refractivity contribution is 7.99. The quantitative estimate of drug-likeness (QED) is 0.795. The summed E-state index contributed by atoms with van der Waals surface area (Å²) < 4.78 is 1.90. The number of imidazole rings is 1. The van der Waals surface area contributed by atoms with E-state index in [0.29, 0.717) is 0 Å². The number of benzene rings is 1. The van der Waals surface area contributed by atoms with E-state index in [1.54, 1.807) is 24.2 Å². The van der Waals surface area contributed by atoms with Crippen molar-refractivity contribution in [3.63, 3.8) is 0 Å². The SMILES string of the molecule is Cn1c(CO)cnc1Sc1ccnc2ccccc12. The van der Waals surface area contributed by atoms with Gasteiger partial charge < -0.3 is 9.67 Å². The van der Waals surface area contributed by atoms with Crippen molar-refractivity contribution < 1.29 is 5.11 Å². The topological polar surface area (TPSA) is 50.9 Å². The smallest absolute Gasteiger partial charge is 0.172 e. The summed E-state index contributed by atoms with van der Waals surface area (Å²) in [5.74, 6) is 0. The second kappa shape index (κ2) is 5.03. The number of hydrogen-bond donors (Lipinski definition) is 1. The van der Waals surface area contributed by atoms with Gasteiger partial charge in [0.15, 0.2) is 5.16 Å². The first-order chi connectivity index (χ1) is 9.29. The highest BCUT2D eigenvalue weighted by Gasteiger charge is 2.09. The van der Waals surface area contributed by atoms with Crippen LogP contribution in [-0.2, 0) is 13.7 Å². The fraction of sp³-hybridized carbons (Fsp3) is 0.143. The first kappa shape index (κ1) is 12.2. The Labute approximate surface area is 115 Å². The number of fused-ring (bicyclic) bond motifs is 1. The largest absolute Gasteiger partial charge is 0.390 e. The zero-order valence-electron chi connectivity index (χ0n) is 10.4. The molecule has 19 heavy (non-hydrogen) atoms. The van der Waals surface area contributed by atoms with E-state index < -0.39 is 0 Å². The molecule has 0 bridgehead atoms. The Morgan fingerprint density at radius 2 is 2.05 bits per heavy atom. The van der Waals surface area contributed by atoms with E-state index in [4.69, 9.17) is 0 Å². The second-order valence-corrected chi connectivity index (χ2v) is 5.19. The number of para-hydroxylation sites is 1. The molecule has 0 atom stereocenters. The van der Waals surface area contributed by atoms with Crippen molar-refractivity contribution in [3.8, 4) is 0 Å². The van der Waals surface area contributed by atoms with Gasteiger partial charge >= 0.3 is 0 Å². The maximum atomic E-state index is 9.19. The Hall–Kier alpha value is -1.85. The van der Waals surface area contributed by atoms with Crippen LogP contribution in [0.15, 0.2) is 52.8 Å². The Balaban J connectivity index is 2.03. The van der Waals surface area contributed by atoms with Gasteiger partial charge in [-0.25, -0.2) is 4.98 Å². The van der Waals surface area contributed by atoms with Gasteiger partial charge in [0, 0.05) is 23.5 Å². The first-order valence-corrected chi connectivity index (χ1v) is 6.74. The third-order valence-electron chi connectivity index (χ3n) is 3.01. The molecule has 0 radical (unpaired) electrons. The maximum absolute atomic E-state index is 9.19. The highest BCUT2D eigenvalue weighted by Crippen LogP contribution is 2.31. The van der Waals surface area contributed by atoms with Crippen molar-refractivity contribution in [2.24, 2.45) is 7.05 Å². The van der Waals surface area contributed by atoms with Gasteiger partial charge in [-0.15, -0.1) is 0 Å². The van der Waals surface area contributed by atoms with Crippen molar-refractivity contribution >= 4 is 22.7 Å². The van der Waals surface area contributed by atoms with E-state index in [2.05, 4.69) is 16.0 Å². The molecular weight excluding hydrogens is 258 g/mol. The van der Waals surface area contributed by atoms with Gasteiger partial charge in [-0.2, -0.15) is 0 Å². The molecular formula is C14H13N3OS. The number of hydrogen-bond acceptors (Lipinski definition) is 4. The van der Waals surface area contributed by atoms with Gasteiger partial charge in [0.2, 0.25) is 0 Å². The van der Waals surface area contributed by atoms with Gasteiger partial charge in [0.25, 0.3) is 0 Å². The van der Waals surface area contributed by atoms with E-state index >= 15 is 0 Å². The minimum atomic E-state index is 0.00114. The van der Waals surface area contributed by atoms with Crippen molar-refractivity contribution in [1.82, 2.24) is 14.5 Å². The number of aliphatic hydroxyl groups excluding tert-OH is 1. The summed E-state index contributed by atoms with van der Waals surface area (Å²) in [5, 5.41) is 11.2. The van der Waals surface area contributed by atoms with Crippen molar-refractivity contribution in [2.75, 3.05) is 0 Å². The van der Waals surface area contributed by atoms with E-state index in [0.717, 1.165) is 26.6 Å². The summed E-state index contributed by atoms with van der Waals surface area (Å²) in [4.78, 5) is 9.80. The summed E-state index contributed by atoms with van der Waals surface area (Å²) in [7, 11) is 1.91. The van der Waals surface area contributed by atoms with E-state index in [1.807, 2.05) is 35.9 Å². The van der Waals surface area contributed by atoms with Crippen LogP contribution in [0.25, 0.3) is 10.9 Å². The normalized spacial score (nSPS) is 11.1. The van der Waals surface area contributed by atoms with Crippen LogP contribution in [-0.4, -0.2) is 19.6 Å². The molecule has 0 aliphatic carbocycles. The molecule has 0 aliphatic heterocycles. The van der Waals surface area contributed by atoms with Crippen LogP contribution in [0.2, 0.25) is 0 Å². The summed E-state index contributed by atoms with van der Waals surface area (Å²) >= 11 is 1.58. The number of rotatable bonds is 3. The molecule has 4 nitrogen and oxygen atoms in total. The summed E-state index contributed by atoms with van der Waals surface area (Å²) in [5.41, 5.74) is 1.78. The first-order valence-electron chi connectivity index (χ1n) is 5.92. The lowest BCUT2D eigenvalue weighted by Crippen LogP contribution is -1.97. The number of nitrogens with zero attached hydrogens (tertiary/aromatic N) is 3. The van der Waals surface area contributed by atoms with E-state index in [9.17, 15) is 5.11 Å². The van der Waals surface area contributed by atoms with Crippen LogP contribution in [0, 0.1) is 0 Å². The number of pyridine rings is 1. The Bertz CT molecular complexity index is 718. The molecule has 3 rings (SSSR count). The highest BCUT2D eigenvalue weighted by atomic mass is 32.2. The Morgan fingerprint density at radius 3 is 2.84 bits per heavy atom. The maximum Gasteiger partial charge on any atom is 0.172 e. The van der Waals surface area contributed by atoms with Crippen molar-refractivity contribution in [1.29, 1.82) is 0 Å². The molecule has 0 saturated heterocycles. The molecule has 0 fully saturated rings. The molecule has 0 saturated carbocycles. The van der Waals surface area contributed by atoms with Gasteiger partial charge in [-0.05, 0) is 12.1 Å². The van der Waals surface area contributed by atoms with Crippen molar-refractivity contribution in [2.45, 2.75) is 16.7 Å². The van der Waals surface area contributed by atoms with Crippen LogP contribution in [0.4, 0.5) is 0 Å². The van der Waals surface area contributed by atoms with Gasteiger partial charge in [-0.1, -0.05) is 30.0 Å². The third kappa shape index (κ3) is 2.22. The average molecular weight is 271 g/mol. The predicted octanol–water partition coefficient (Wildman–Crippen LogP) is 2.61. The Morgan fingerprint density at radius 1 is 1.21 bits per heavy atom. The van der Waals surface area contributed by atoms with Gasteiger partial charge in [-0.3, -0.25) is 4.98 Å². The summed E-state index contributed by atoms with van der Waals surface area (Å²) in [6.07, 6.45) is 3.51. The lowest BCUT2D eigenvalue weighted by molar-refractivity contribution is 0.271. The zero-order valence-corrected chi connectivity index (χ0v) is 11.3. The van der Waals surface area contributed by atoms with E-state index in [-0.39, 0.29) is 6.61 Å². The standard InChI is InChI=1S/C14H13N3OS/c1-17-10(9-18)8-16-14(17)19-13-6-7-15-12-5-3-2-4-11(12)13/h2-8,18H,9H2,1H3. The summed E-state index contributed by atoms with van der Waals surface area (Å²) in [6, 6.07) is 10.0. The molecule has 0 aliphatic rings. The molecule has 2 aromatic heterocycles. The molecule has 2 heterocycles. The van der Waals surface area contributed by atoms with E-state index in [1.165, 1.54) is 0 Å². The third-order valence-corrected chi connectivity index (χ3v) is 4.15. The molecule has 5 heteroatoms. The average Bonchev–Trinajstić information content (AvgIpc) is 2.80. The van der Waals surface area contributed by atoms with Crippen LogP contribution >= 0.6 is 11.8 Å². The number of aliphatic hydroxyl groups is 1. The second-order valence-electron chi connectivity index (χ2n) is 4.18. The molecule has 0 unspecified atom stereocenters. The number of aromatic nitrogens is 3. The molecule has 1 N–H and O–H groups in total. The summed E-state index contributed by atoms with van der Waals surface area (Å²) in [6.45, 7) is 0.00114. The minimum absolute atomic E-state index is 0.00114. The molecule has 1 aromatic carbocycles.